The average Bonchev–Trinajstić information content (AvgIpc) is 3.70. The van der Waals surface area contributed by atoms with Crippen molar-refractivity contribution < 1.29 is 33.8 Å². The van der Waals surface area contributed by atoms with Gasteiger partial charge in [0.2, 0.25) is 17.7 Å². The van der Waals surface area contributed by atoms with E-state index in [0.29, 0.717) is 30.6 Å². The van der Waals surface area contributed by atoms with E-state index in [2.05, 4.69) is 15.3 Å². The van der Waals surface area contributed by atoms with Crippen molar-refractivity contribution in [1.82, 2.24) is 25.1 Å². The zero-order valence-electron chi connectivity index (χ0n) is 26.6. The second kappa shape index (κ2) is 16.2. The number of imidazole rings is 1. The van der Waals surface area contributed by atoms with Gasteiger partial charge in [-0.1, -0.05) is 51.1 Å². The van der Waals surface area contributed by atoms with Crippen molar-refractivity contribution in [3.63, 3.8) is 0 Å². The first-order valence-corrected chi connectivity index (χ1v) is 15.5. The van der Waals surface area contributed by atoms with E-state index in [4.69, 9.17) is 10.5 Å². The number of carboxylic acids is 1. The molecule has 0 saturated carbocycles. The van der Waals surface area contributed by atoms with Crippen LogP contribution >= 0.6 is 0 Å². The van der Waals surface area contributed by atoms with Crippen LogP contribution in [0.1, 0.15) is 71.1 Å². The molecule has 13 nitrogen and oxygen atoms in total. The number of nitrogens with one attached hydrogen (secondary N) is 2. The lowest BCUT2D eigenvalue weighted by Gasteiger charge is -2.40. The lowest BCUT2D eigenvalue weighted by atomic mass is 9.89. The monoisotopic (exact) mass is 626 g/mol. The molecule has 0 aliphatic carbocycles. The Morgan fingerprint density at radius 3 is 2.40 bits per heavy atom. The van der Waals surface area contributed by atoms with Gasteiger partial charge in [0.15, 0.2) is 0 Å². The minimum absolute atomic E-state index is 0.0141. The quantitative estimate of drug-likeness (QED) is 0.214. The van der Waals surface area contributed by atoms with Gasteiger partial charge in [-0.15, -0.1) is 0 Å². The summed E-state index contributed by atoms with van der Waals surface area (Å²) in [5.41, 5.74) is 7.03. The Morgan fingerprint density at radius 1 is 1.16 bits per heavy atom. The maximum atomic E-state index is 14.8. The number of nitrogens with zero attached hydrogens (tertiary/aromatic N) is 3. The Balaban J connectivity index is 2.12. The van der Waals surface area contributed by atoms with Gasteiger partial charge in [0.1, 0.15) is 24.2 Å². The lowest BCUT2D eigenvalue weighted by Crippen LogP contribution is -2.62. The number of carbonyl (C=O) groups is 5. The van der Waals surface area contributed by atoms with E-state index in [1.165, 1.54) is 17.4 Å². The van der Waals surface area contributed by atoms with E-state index < -0.39 is 59.9 Å². The fraction of sp³-hybridized carbons (Fsp3) is 0.562. The van der Waals surface area contributed by atoms with Crippen LogP contribution in [0.4, 0.5) is 0 Å². The van der Waals surface area contributed by atoms with Gasteiger partial charge in [-0.25, -0.2) is 14.6 Å². The highest BCUT2D eigenvalue weighted by Gasteiger charge is 2.46. The minimum Gasteiger partial charge on any atom is -0.480 e. The number of H-pyrrole nitrogens is 1. The maximum absolute atomic E-state index is 14.8. The van der Waals surface area contributed by atoms with Crippen LogP contribution in [0.3, 0.4) is 0 Å². The normalized spacial score (nSPS) is 18.0. The molecule has 13 heteroatoms. The summed E-state index contributed by atoms with van der Waals surface area (Å²) in [4.78, 5) is 77.3. The molecule has 1 saturated heterocycles. The predicted molar refractivity (Wildman–Crippen MR) is 166 cm³/mol. The summed E-state index contributed by atoms with van der Waals surface area (Å²) < 4.78 is 5.44. The van der Waals surface area contributed by atoms with E-state index in [0.717, 1.165) is 4.90 Å². The third kappa shape index (κ3) is 8.90. The van der Waals surface area contributed by atoms with E-state index >= 15 is 0 Å². The van der Waals surface area contributed by atoms with Crippen molar-refractivity contribution in [3.05, 3.63) is 54.1 Å². The van der Waals surface area contributed by atoms with Gasteiger partial charge in [-0.3, -0.25) is 14.4 Å². The number of esters is 1. The van der Waals surface area contributed by atoms with Gasteiger partial charge in [0.25, 0.3) is 0 Å². The van der Waals surface area contributed by atoms with Crippen LogP contribution in [0, 0.1) is 5.92 Å². The summed E-state index contributed by atoms with van der Waals surface area (Å²) in [5, 5.41) is 13.3. The van der Waals surface area contributed by atoms with Gasteiger partial charge in [-0.2, -0.15) is 0 Å². The molecular formula is C32H46N6O7. The number of likely N-dealkylation sites (tertiary alicyclic amines) is 1. The molecule has 0 spiro atoms. The van der Waals surface area contributed by atoms with Crippen molar-refractivity contribution >= 4 is 29.7 Å². The highest BCUT2D eigenvalue weighted by Crippen LogP contribution is 2.29. The molecule has 6 atom stereocenters. The SMILES string of the molecule is CCOC(=O)C(C(C)c1ccccc1)N(C(=O)[C@H](Cc1cnc[nH]1)NC(=O)[C@@H]1CCCN1C(=O)[C@H](C)N)[C@@H](CC(C)C)C(=O)O. The Kier molecular flexibility index (Phi) is 12.7. The fourth-order valence-electron chi connectivity index (χ4n) is 5.82. The van der Waals surface area contributed by atoms with E-state index in [9.17, 15) is 29.1 Å². The van der Waals surface area contributed by atoms with Gasteiger partial charge < -0.3 is 35.7 Å². The summed E-state index contributed by atoms with van der Waals surface area (Å²) in [6.07, 6.45) is 3.85. The number of carbonyl (C=O) groups excluding carboxylic acids is 4. The van der Waals surface area contributed by atoms with E-state index in [-0.39, 0.29) is 31.3 Å². The van der Waals surface area contributed by atoms with Crippen LogP contribution in [0.2, 0.25) is 0 Å². The first kappa shape index (κ1) is 35.2. The lowest BCUT2D eigenvalue weighted by molar-refractivity contribution is -0.164. The van der Waals surface area contributed by atoms with Crippen LogP contribution in [0.5, 0.6) is 0 Å². The number of amides is 3. The van der Waals surface area contributed by atoms with Crippen LogP contribution in [-0.4, -0.2) is 97.9 Å². The van der Waals surface area contributed by atoms with Crippen molar-refractivity contribution in [3.8, 4) is 0 Å². The summed E-state index contributed by atoms with van der Waals surface area (Å²) in [7, 11) is 0. The zero-order chi connectivity index (χ0) is 33.3. The summed E-state index contributed by atoms with van der Waals surface area (Å²) in [6.45, 7) is 8.93. The molecule has 0 bridgehead atoms. The van der Waals surface area contributed by atoms with Crippen molar-refractivity contribution in [1.29, 1.82) is 0 Å². The molecule has 1 aromatic carbocycles. The van der Waals surface area contributed by atoms with Gasteiger partial charge >= 0.3 is 11.9 Å². The molecule has 5 N–H and O–H groups in total. The van der Waals surface area contributed by atoms with Crippen molar-refractivity contribution in [2.45, 2.75) is 96.4 Å². The molecule has 1 aliphatic rings. The number of hydrogen-bond donors (Lipinski definition) is 4. The maximum Gasteiger partial charge on any atom is 0.329 e. The molecular weight excluding hydrogens is 580 g/mol. The number of ether oxygens (including phenoxy) is 1. The number of aliphatic carboxylic acids is 1. The summed E-state index contributed by atoms with van der Waals surface area (Å²) in [5.74, 6) is -4.59. The molecule has 1 aliphatic heterocycles. The zero-order valence-corrected chi connectivity index (χ0v) is 26.6. The molecule has 246 valence electrons. The number of aromatic nitrogens is 2. The molecule has 2 aromatic rings. The Hall–Kier alpha value is -4.26. The Bertz CT molecular complexity index is 1300. The molecule has 2 heterocycles. The number of nitrogens with two attached hydrogens (primary N) is 1. The third-order valence-corrected chi connectivity index (χ3v) is 8.02. The number of rotatable bonds is 15. The molecule has 1 aromatic heterocycles. The third-order valence-electron chi connectivity index (χ3n) is 8.02. The molecule has 0 radical (unpaired) electrons. The van der Waals surface area contributed by atoms with Gasteiger partial charge in [0, 0.05) is 30.8 Å². The van der Waals surface area contributed by atoms with E-state index in [1.807, 2.05) is 19.9 Å². The first-order valence-electron chi connectivity index (χ1n) is 15.5. The van der Waals surface area contributed by atoms with Crippen molar-refractivity contribution in [2.75, 3.05) is 13.2 Å². The van der Waals surface area contributed by atoms with Crippen LogP contribution in [0.25, 0.3) is 0 Å². The largest absolute Gasteiger partial charge is 0.480 e. The second-order valence-electron chi connectivity index (χ2n) is 11.9. The molecule has 45 heavy (non-hydrogen) atoms. The number of benzene rings is 1. The second-order valence-corrected chi connectivity index (χ2v) is 11.9. The van der Waals surface area contributed by atoms with Gasteiger partial charge in [-0.05, 0) is 44.6 Å². The molecule has 1 fully saturated rings. The standard InChI is InChI=1S/C32H46N6O7/c1-6-45-32(44)27(20(4)22-11-8-7-9-12-22)38(26(31(42)43)15-19(2)3)30(41)24(16-23-17-34-18-35-23)36-28(39)25-13-10-14-37(25)29(40)21(5)33/h7-9,11-12,17-21,24-27H,6,10,13-16,33H2,1-5H3,(H,34,35)(H,36,39)(H,42,43)/t20?,21-,24-,25-,26-,27?/m0/s1. The summed E-state index contributed by atoms with van der Waals surface area (Å²) >= 11 is 0. The Labute approximate surface area is 263 Å². The first-order chi connectivity index (χ1) is 21.4. The number of hydrogen-bond acceptors (Lipinski definition) is 8. The molecule has 3 amide bonds. The highest BCUT2D eigenvalue weighted by atomic mass is 16.5. The van der Waals surface area contributed by atoms with Crippen LogP contribution in [0.15, 0.2) is 42.9 Å². The van der Waals surface area contributed by atoms with Crippen LogP contribution < -0.4 is 11.1 Å². The fourth-order valence-corrected chi connectivity index (χ4v) is 5.82. The highest BCUT2D eigenvalue weighted by molar-refractivity contribution is 5.96. The average molecular weight is 627 g/mol. The van der Waals surface area contributed by atoms with Crippen LogP contribution in [-0.2, 0) is 35.1 Å². The number of carboxylic acid groups (broad SMARTS) is 1. The number of aromatic amines is 1. The van der Waals surface area contributed by atoms with E-state index in [1.54, 1.807) is 45.0 Å². The Morgan fingerprint density at radius 2 is 1.84 bits per heavy atom. The molecule has 2 unspecified atom stereocenters. The minimum atomic E-state index is -1.41. The predicted octanol–water partition coefficient (Wildman–Crippen LogP) is 1.84. The van der Waals surface area contributed by atoms with Crippen molar-refractivity contribution in [2.24, 2.45) is 11.7 Å². The smallest absolute Gasteiger partial charge is 0.329 e. The topological polar surface area (TPSA) is 188 Å². The molecule has 3 rings (SSSR count). The van der Waals surface area contributed by atoms with Gasteiger partial charge in [0.05, 0.1) is 19.0 Å². The summed E-state index contributed by atoms with van der Waals surface area (Å²) in [6, 6.07) is 3.28.